The van der Waals surface area contributed by atoms with Crippen LogP contribution >= 0.6 is 0 Å². The van der Waals surface area contributed by atoms with Crippen LogP contribution in [0.2, 0.25) is 0 Å². The third kappa shape index (κ3) is 2.69. The molecule has 0 spiro atoms. The Hall–Kier alpha value is -3.09. The van der Waals surface area contributed by atoms with Crippen molar-refractivity contribution < 1.29 is 19.1 Å². The molecule has 0 atom stereocenters. The summed E-state index contributed by atoms with van der Waals surface area (Å²) in [5.74, 6) is -0.192. The average Bonchev–Trinajstić information content (AvgIpc) is 2.97. The van der Waals surface area contributed by atoms with Crippen molar-refractivity contribution >= 4 is 29.0 Å². The summed E-state index contributed by atoms with van der Waals surface area (Å²) in [6.07, 6.45) is 1.48. The second-order valence-electron chi connectivity index (χ2n) is 4.86. The average molecular weight is 299 g/mol. The van der Waals surface area contributed by atoms with Gasteiger partial charge in [0.25, 0.3) is 11.8 Å². The number of carbonyl (C=O) groups is 3. The van der Waals surface area contributed by atoms with Gasteiger partial charge in [-0.1, -0.05) is 0 Å². The van der Waals surface area contributed by atoms with Crippen molar-refractivity contribution in [3.05, 3.63) is 41.7 Å². The van der Waals surface area contributed by atoms with Crippen LogP contribution in [-0.2, 0) is 4.79 Å². The van der Waals surface area contributed by atoms with Crippen molar-refractivity contribution in [3.63, 3.8) is 0 Å². The van der Waals surface area contributed by atoms with E-state index in [1.54, 1.807) is 18.2 Å². The first-order valence-electron chi connectivity index (χ1n) is 6.60. The van der Waals surface area contributed by atoms with E-state index in [-0.39, 0.29) is 29.9 Å². The fourth-order valence-corrected chi connectivity index (χ4v) is 2.09. The molecule has 0 unspecified atom stereocenters. The van der Waals surface area contributed by atoms with Crippen LogP contribution in [-0.4, -0.2) is 29.2 Å². The Morgan fingerprint density at radius 2 is 2.09 bits per heavy atom. The highest BCUT2D eigenvalue weighted by Gasteiger charge is 2.17. The van der Waals surface area contributed by atoms with Gasteiger partial charge < -0.3 is 20.4 Å². The Balaban J connectivity index is 1.77. The van der Waals surface area contributed by atoms with E-state index >= 15 is 0 Å². The second kappa shape index (κ2) is 5.36. The van der Waals surface area contributed by atoms with Crippen LogP contribution in [0.1, 0.15) is 27.8 Å². The smallest absolute Gasteiger partial charge is 0.272 e. The van der Waals surface area contributed by atoms with Gasteiger partial charge in [0.2, 0.25) is 0 Å². The van der Waals surface area contributed by atoms with Gasteiger partial charge in [-0.3, -0.25) is 14.4 Å². The number of H-pyrrole nitrogens is 1. The van der Waals surface area contributed by atoms with Gasteiger partial charge in [-0.25, -0.2) is 0 Å². The number of fused-ring (bicyclic) bond motifs is 1. The van der Waals surface area contributed by atoms with Gasteiger partial charge in [0.1, 0.15) is 11.4 Å². The van der Waals surface area contributed by atoms with Crippen LogP contribution in [0.25, 0.3) is 0 Å². The number of Topliss-reactive ketones (excluding diaryl/α,β-unsaturated/α-hetero) is 1. The van der Waals surface area contributed by atoms with Crippen LogP contribution in [0.4, 0.5) is 11.4 Å². The molecule has 0 aliphatic carbocycles. The SMILES string of the molecule is CC(=O)c1c[nH]c(C(=O)Nc2ccc3c(c2)NC(=O)CO3)c1. The Labute approximate surface area is 125 Å². The summed E-state index contributed by atoms with van der Waals surface area (Å²) in [6, 6.07) is 6.43. The summed E-state index contributed by atoms with van der Waals surface area (Å²) < 4.78 is 5.24. The number of carbonyl (C=O) groups excluding carboxylic acids is 3. The summed E-state index contributed by atoms with van der Waals surface area (Å²) in [6.45, 7) is 1.41. The number of benzene rings is 1. The van der Waals surface area contributed by atoms with Gasteiger partial charge in [-0.15, -0.1) is 0 Å². The molecule has 1 aromatic heterocycles. The number of hydrogen-bond acceptors (Lipinski definition) is 4. The molecule has 3 rings (SSSR count). The molecule has 0 fully saturated rings. The maximum Gasteiger partial charge on any atom is 0.272 e. The van der Waals surface area contributed by atoms with E-state index in [4.69, 9.17) is 4.74 Å². The lowest BCUT2D eigenvalue weighted by Gasteiger charge is -2.18. The first kappa shape index (κ1) is 13.9. The van der Waals surface area contributed by atoms with E-state index < -0.39 is 0 Å². The van der Waals surface area contributed by atoms with E-state index in [1.165, 1.54) is 19.2 Å². The van der Waals surface area contributed by atoms with E-state index in [0.29, 0.717) is 22.7 Å². The fourth-order valence-electron chi connectivity index (χ4n) is 2.09. The minimum Gasteiger partial charge on any atom is -0.482 e. The molecule has 3 N–H and O–H groups in total. The number of aromatic amines is 1. The molecule has 0 saturated heterocycles. The molecule has 22 heavy (non-hydrogen) atoms. The predicted octanol–water partition coefficient (Wildman–Crippen LogP) is 1.80. The summed E-state index contributed by atoms with van der Waals surface area (Å²) >= 11 is 0. The Bertz CT molecular complexity index is 779. The van der Waals surface area contributed by atoms with E-state index in [9.17, 15) is 14.4 Å². The fraction of sp³-hybridized carbons (Fsp3) is 0.133. The molecule has 0 saturated carbocycles. The minimum absolute atomic E-state index is 0.0188. The number of ether oxygens (including phenoxy) is 1. The first-order chi connectivity index (χ1) is 10.5. The van der Waals surface area contributed by atoms with E-state index in [2.05, 4.69) is 15.6 Å². The van der Waals surface area contributed by atoms with Crippen molar-refractivity contribution in [1.29, 1.82) is 0 Å². The number of amides is 2. The topological polar surface area (TPSA) is 100 Å². The highest BCUT2D eigenvalue weighted by Crippen LogP contribution is 2.30. The third-order valence-corrected chi connectivity index (χ3v) is 3.20. The molecule has 7 heteroatoms. The number of hydrogen-bond donors (Lipinski definition) is 3. The van der Waals surface area contributed by atoms with Gasteiger partial charge in [0.15, 0.2) is 12.4 Å². The lowest BCUT2D eigenvalue weighted by Crippen LogP contribution is -2.25. The quantitative estimate of drug-likeness (QED) is 0.752. The maximum absolute atomic E-state index is 12.1. The summed E-state index contributed by atoms with van der Waals surface area (Å²) in [5, 5.41) is 5.35. The first-order valence-corrected chi connectivity index (χ1v) is 6.60. The number of nitrogens with one attached hydrogen (secondary N) is 3. The van der Waals surface area contributed by atoms with Crippen molar-refractivity contribution in [2.45, 2.75) is 6.92 Å². The normalized spacial score (nSPS) is 12.9. The zero-order chi connectivity index (χ0) is 15.7. The van der Waals surface area contributed by atoms with Crippen LogP contribution in [0, 0.1) is 0 Å². The van der Waals surface area contributed by atoms with Gasteiger partial charge in [-0.05, 0) is 31.2 Å². The number of ketones is 1. The molecule has 1 aliphatic heterocycles. The van der Waals surface area contributed by atoms with E-state index in [1.807, 2.05) is 0 Å². The van der Waals surface area contributed by atoms with Crippen molar-refractivity contribution in [1.82, 2.24) is 4.98 Å². The van der Waals surface area contributed by atoms with Crippen LogP contribution in [0.3, 0.4) is 0 Å². The molecular formula is C15H13N3O4. The predicted molar refractivity (Wildman–Crippen MR) is 79.3 cm³/mol. The van der Waals surface area contributed by atoms with Gasteiger partial charge >= 0.3 is 0 Å². The molecule has 7 nitrogen and oxygen atoms in total. The van der Waals surface area contributed by atoms with Crippen molar-refractivity contribution in [2.75, 3.05) is 17.2 Å². The minimum atomic E-state index is -0.379. The number of anilines is 2. The van der Waals surface area contributed by atoms with Crippen molar-refractivity contribution in [2.24, 2.45) is 0 Å². The number of aromatic nitrogens is 1. The molecule has 1 aromatic carbocycles. The second-order valence-corrected chi connectivity index (χ2v) is 4.86. The van der Waals surface area contributed by atoms with Crippen molar-refractivity contribution in [3.8, 4) is 5.75 Å². The highest BCUT2D eigenvalue weighted by molar-refractivity contribution is 6.06. The molecule has 112 valence electrons. The molecule has 1 aliphatic rings. The zero-order valence-electron chi connectivity index (χ0n) is 11.7. The Morgan fingerprint density at radius 1 is 1.27 bits per heavy atom. The highest BCUT2D eigenvalue weighted by atomic mass is 16.5. The monoisotopic (exact) mass is 299 g/mol. The van der Waals surface area contributed by atoms with Crippen LogP contribution in [0.15, 0.2) is 30.5 Å². The van der Waals surface area contributed by atoms with Crippen LogP contribution < -0.4 is 15.4 Å². The Morgan fingerprint density at radius 3 is 2.82 bits per heavy atom. The third-order valence-electron chi connectivity index (χ3n) is 3.20. The van der Waals surface area contributed by atoms with Gasteiger partial charge in [-0.2, -0.15) is 0 Å². The molecule has 2 aromatic rings. The summed E-state index contributed by atoms with van der Waals surface area (Å²) in [5.41, 5.74) is 1.73. The Kier molecular flexibility index (Phi) is 3.38. The lowest BCUT2D eigenvalue weighted by molar-refractivity contribution is -0.118. The largest absolute Gasteiger partial charge is 0.482 e. The summed E-state index contributed by atoms with van der Waals surface area (Å²) in [4.78, 5) is 37.4. The van der Waals surface area contributed by atoms with Gasteiger partial charge in [0, 0.05) is 17.4 Å². The molecule has 2 heterocycles. The van der Waals surface area contributed by atoms with E-state index in [0.717, 1.165) is 0 Å². The summed E-state index contributed by atoms with van der Waals surface area (Å²) in [7, 11) is 0. The number of rotatable bonds is 3. The molecule has 2 amide bonds. The lowest BCUT2D eigenvalue weighted by atomic mass is 10.2. The molecule has 0 radical (unpaired) electrons. The van der Waals surface area contributed by atoms with Crippen LogP contribution in [0.5, 0.6) is 5.75 Å². The van der Waals surface area contributed by atoms with Gasteiger partial charge in [0.05, 0.1) is 5.69 Å². The standard InChI is InChI=1S/C15H13N3O4/c1-8(19)9-4-12(16-6-9)15(21)17-10-2-3-13-11(5-10)18-14(20)7-22-13/h2-6,16H,7H2,1H3,(H,17,21)(H,18,20). The molecular weight excluding hydrogens is 286 g/mol. The zero-order valence-corrected chi connectivity index (χ0v) is 11.7. The molecule has 0 bridgehead atoms. The maximum atomic E-state index is 12.1.